The van der Waals surface area contributed by atoms with Crippen LogP contribution >= 0.6 is 11.3 Å². The quantitative estimate of drug-likeness (QED) is 0.597. The number of hydrogen-bond donors (Lipinski definition) is 2. The zero-order valence-electron chi connectivity index (χ0n) is 11.4. The second-order valence-electron chi connectivity index (χ2n) is 4.89. The van der Waals surface area contributed by atoms with Gasteiger partial charge < -0.3 is 14.7 Å². The van der Waals surface area contributed by atoms with Crippen molar-refractivity contribution in [2.24, 2.45) is 0 Å². The Balaban J connectivity index is 1.84. The van der Waals surface area contributed by atoms with Crippen molar-refractivity contribution in [2.75, 3.05) is 0 Å². The molecule has 6 heteroatoms. The monoisotopic (exact) mass is 309 g/mol. The zero-order valence-corrected chi connectivity index (χ0v) is 12.2. The van der Waals surface area contributed by atoms with E-state index in [0.717, 1.165) is 16.9 Å². The second-order valence-corrected chi connectivity index (χ2v) is 5.61. The summed E-state index contributed by atoms with van der Waals surface area (Å²) in [5.74, 6) is -0.0349. The van der Waals surface area contributed by atoms with Gasteiger partial charge in [0.15, 0.2) is 0 Å². The molecule has 0 saturated heterocycles. The molecule has 0 bridgehead atoms. The zero-order chi connectivity index (χ0) is 15.1. The molecule has 0 unspecified atom stereocenters. The van der Waals surface area contributed by atoms with Gasteiger partial charge >= 0.3 is 0 Å². The van der Waals surface area contributed by atoms with E-state index in [9.17, 15) is 9.90 Å². The molecule has 1 aromatic carbocycles. The van der Waals surface area contributed by atoms with Crippen molar-refractivity contribution in [3.63, 3.8) is 0 Å². The van der Waals surface area contributed by atoms with Crippen molar-refractivity contribution < 1.29 is 5.11 Å². The largest absolute Gasteiger partial charge is 0.505 e. The minimum absolute atomic E-state index is 0.0349. The number of aromatic hydroxyl groups is 1. The molecule has 0 fully saturated rings. The Labute approximate surface area is 129 Å². The van der Waals surface area contributed by atoms with Crippen molar-refractivity contribution >= 4 is 22.4 Å². The third-order valence-corrected chi connectivity index (χ3v) is 4.11. The lowest BCUT2D eigenvalue weighted by molar-refractivity contribution is 0.478. The SMILES string of the molecule is O=c1cc(O)c2c(ccn2-c2ccc(-c3cscn3)cc2)[nH]1. The number of thiazole rings is 1. The van der Waals surface area contributed by atoms with Gasteiger partial charge in [-0.1, -0.05) is 12.1 Å². The van der Waals surface area contributed by atoms with Gasteiger partial charge in [-0.05, 0) is 18.2 Å². The molecular weight excluding hydrogens is 298 g/mol. The summed E-state index contributed by atoms with van der Waals surface area (Å²) in [4.78, 5) is 18.4. The summed E-state index contributed by atoms with van der Waals surface area (Å²) in [6.07, 6.45) is 1.82. The van der Waals surface area contributed by atoms with Crippen LogP contribution in [0.1, 0.15) is 0 Å². The second kappa shape index (κ2) is 4.85. The minimum atomic E-state index is -0.318. The molecule has 0 aliphatic carbocycles. The van der Waals surface area contributed by atoms with Gasteiger partial charge in [-0.2, -0.15) is 0 Å². The number of H-pyrrole nitrogens is 1. The topological polar surface area (TPSA) is 70.9 Å². The number of hydrogen-bond acceptors (Lipinski definition) is 4. The molecule has 0 radical (unpaired) electrons. The van der Waals surface area contributed by atoms with Gasteiger partial charge in [-0.3, -0.25) is 4.79 Å². The van der Waals surface area contributed by atoms with E-state index in [0.29, 0.717) is 11.0 Å². The standard InChI is InChI=1S/C16H11N3O2S/c20-14-7-15(21)18-12-5-6-19(16(12)14)11-3-1-10(2-4-11)13-8-22-9-17-13/h1-9H,(H2,18,20,21). The lowest BCUT2D eigenvalue weighted by Gasteiger charge is -2.07. The highest BCUT2D eigenvalue weighted by Crippen LogP contribution is 2.27. The van der Waals surface area contributed by atoms with Crippen LogP contribution in [-0.4, -0.2) is 19.6 Å². The first-order valence-electron chi connectivity index (χ1n) is 6.65. The van der Waals surface area contributed by atoms with E-state index in [1.807, 2.05) is 40.4 Å². The number of nitrogens with one attached hydrogen (secondary N) is 1. The molecule has 22 heavy (non-hydrogen) atoms. The summed E-state index contributed by atoms with van der Waals surface area (Å²) < 4.78 is 1.84. The number of rotatable bonds is 2. The van der Waals surface area contributed by atoms with E-state index in [4.69, 9.17) is 0 Å². The Morgan fingerprint density at radius 2 is 2.00 bits per heavy atom. The summed E-state index contributed by atoms with van der Waals surface area (Å²) >= 11 is 1.56. The number of pyridine rings is 1. The normalized spacial score (nSPS) is 11.1. The van der Waals surface area contributed by atoms with Gasteiger partial charge in [0.25, 0.3) is 5.56 Å². The Morgan fingerprint density at radius 3 is 2.73 bits per heavy atom. The van der Waals surface area contributed by atoms with Crippen molar-refractivity contribution in [1.29, 1.82) is 0 Å². The van der Waals surface area contributed by atoms with Crippen molar-refractivity contribution in [3.8, 4) is 22.7 Å². The summed E-state index contributed by atoms with van der Waals surface area (Å²) in [6, 6.07) is 10.8. The van der Waals surface area contributed by atoms with Crippen LogP contribution in [0.2, 0.25) is 0 Å². The fraction of sp³-hybridized carbons (Fsp3) is 0. The van der Waals surface area contributed by atoms with Crippen LogP contribution in [-0.2, 0) is 0 Å². The molecule has 0 atom stereocenters. The molecule has 4 aromatic rings. The number of aromatic amines is 1. The fourth-order valence-electron chi connectivity index (χ4n) is 2.52. The predicted octanol–water partition coefficient (Wildman–Crippen LogP) is 3.15. The van der Waals surface area contributed by atoms with E-state index in [2.05, 4.69) is 9.97 Å². The number of benzene rings is 1. The molecular formula is C16H11N3O2S. The maximum Gasteiger partial charge on any atom is 0.252 e. The maximum absolute atomic E-state index is 11.4. The Hall–Kier alpha value is -2.86. The fourth-order valence-corrected chi connectivity index (χ4v) is 3.08. The molecule has 0 spiro atoms. The van der Waals surface area contributed by atoms with Crippen LogP contribution in [0.25, 0.3) is 28.0 Å². The van der Waals surface area contributed by atoms with E-state index in [1.54, 1.807) is 22.9 Å². The number of aromatic nitrogens is 3. The Kier molecular flexibility index (Phi) is 2.83. The first-order chi connectivity index (χ1) is 10.7. The van der Waals surface area contributed by atoms with Gasteiger partial charge in [-0.25, -0.2) is 4.98 Å². The van der Waals surface area contributed by atoms with Gasteiger partial charge in [0.05, 0.1) is 16.7 Å². The predicted molar refractivity (Wildman–Crippen MR) is 86.7 cm³/mol. The highest BCUT2D eigenvalue weighted by Gasteiger charge is 2.09. The van der Waals surface area contributed by atoms with Crippen LogP contribution < -0.4 is 5.56 Å². The van der Waals surface area contributed by atoms with Gasteiger partial charge in [0.1, 0.15) is 11.3 Å². The van der Waals surface area contributed by atoms with Gasteiger partial charge in [-0.15, -0.1) is 11.3 Å². The van der Waals surface area contributed by atoms with Crippen LogP contribution in [0.15, 0.2) is 58.3 Å². The van der Waals surface area contributed by atoms with Crippen LogP contribution in [0.5, 0.6) is 5.75 Å². The summed E-state index contributed by atoms with van der Waals surface area (Å²) in [5.41, 5.74) is 5.56. The molecule has 2 N–H and O–H groups in total. The average molecular weight is 309 g/mol. The maximum atomic E-state index is 11.4. The van der Waals surface area contributed by atoms with E-state index in [1.165, 1.54) is 6.07 Å². The molecule has 3 aromatic heterocycles. The highest BCUT2D eigenvalue weighted by atomic mass is 32.1. The van der Waals surface area contributed by atoms with Crippen molar-refractivity contribution in [1.82, 2.24) is 14.5 Å². The van der Waals surface area contributed by atoms with Crippen molar-refractivity contribution in [3.05, 3.63) is 63.8 Å². The summed E-state index contributed by atoms with van der Waals surface area (Å²) in [5, 5.41) is 12.0. The molecule has 4 rings (SSSR count). The summed E-state index contributed by atoms with van der Waals surface area (Å²) in [6.45, 7) is 0. The van der Waals surface area contributed by atoms with E-state index < -0.39 is 0 Å². The molecule has 0 aliphatic rings. The first kappa shape index (κ1) is 12.8. The van der Waals surface area contributed by atoms with Crippen molar-refractivity contribution in [2.45, 2.75) is 0 Å². The first-order valence-corrected chi connectivity index (χ1v) is 7.59. The highest BCUT2D eigenvalue weighted by molar-refractivity contribution is 7.07. The Bertz CT molecular complexity index is 998. The Morgan fingerprint density at radius 1 is 1.18 bits per heavy atom. The summed E-state index contributed by atoms with van der Waals surface area (Å²) in [7, 11) is 0. The van der Waals surface area contributed by atoms with E-state index >= 15 is 0 Å². The van der Waals surface area contributed by atoms with Gasteiger partial charge in [0, 0.05) is 28.9 Å². The third-order valence-electron chi connectivity index (χ3n) is 3.53. The lowest BCUT2D eigenvalue weighted by Crippen LogP contribution is -2.03. The van der Waals surface area contributed by atoms with Crippen LogP contribution in [0, 0.1) is 0 Å². The third kappa shape index (κ3) is 2.01. The smallest absolute Gasteiger partial charge is 0.252 e. The van der Waals surface area contributed by atoms with E-state index in [-0.39, 0.29) is 11.3 Å². The minimum Gasteiger partial charge on any atom is -0.505 e. The average Bonchev–Trinajstić information content (AvgIpc) is 3.16. The van der Waals surface area contributed by atoms with Crippen LogP contribution in [0.3, 0.4) is 0 Å². The molecule has 0 saturated carbocycles. The molecule has 3 heterocycles. The van der Waals surface area contributed by atoms with Crippen LogP contribution in [0.4, 0.5) is 0 Å². The molecule has 5 nitrogen and oxygen atoms in total. The van der Waals surface area contributed by atoms with Gasteiger partial charge in [0.2, 0.25) is 0 Å². The number of nitrogens with zero attached hydrogens (tertiary/aromatic N) is 2. The molecule has 0 aliphatic heterocycles. The molecule has 108 valence electrons. The number of fused-ring (bicyclic) bond motifs is 1. The lowest BCUT2D eigenvalue weighted by atomic mass is 10.1. The molecule has 0 amide bonds.